The molecule has 5 heterocycles. The molecule has 1 saturated carbocycles. The van der Waals surface area contributed by atoms with Crippen molar-refractivity contribution in [3.63, 3.8) is 0 Å². The smallest absolute Gasteiger partial charge is 0.410 e. The van der Waals surface area contributed by atoms with Crippen LogP contribution >= 0.6 is 0 Å². The molecule has 2 aliphatic heterocycles. The summed E-state index contributed by atoms with van der Waals surface area (Å²) >= 11 is 0. The molecule has 2 N–H and O–H groups in total. The van der Waals surface area contributed by atoms with Gasteiger partial charge in [0.15, 0.2) is 0 Å². The first kappa shape index (κ1) is 38.3. The number of hydrogen-bond donors (Lipinski definition) is 2. The van der Waals surface area contributed by atoms with Crippen LogP contribution in [-0.2, 0) is 22.5 Å². The van der Waals surface area contributed by atoms with E-state index in [-0.39, 0.29) is 49.7 Å². The van der Waals surface area contributed by atoms with Crippen molar-refractivity contribution < 1.29 is 41.1 Å². The summed E-state index contributed by atoms with van der Waals surface area (Å²) in [5.41, 5.74) is 0.739. The Balaban J connectivity index is 1.34. The molecule has 53 heavy (non-hydrogen) atoms. The number of halogens is 5. The predicted molar refractivity (Wildman–Crippen MR) is 180 cm³/mol. The summed E-state index contributed by atoms with van der Waals surface area (Å²) < 4.78 is 78.2. The third-order valence-electron chi connectivity index (χ3n) is 10.4. The molecular weight excluding hydrogens is 705 g/mol. The van der Waals surface area contributed by atoms with Crippen LogP contribution in [0.15, 0.2) is 18.5 Å². The monoisotopic (exact) mass is 751 g/mol. The Morgan fingerprint density at radius 2 is 1.79 bits per heavy atom. The molecule has 1 aliphatic carbocycles. The van der Waals surface area contributed by atoms with Crippen LogP contribution in [0.5, 0.6) is 0 Å². The zero-order valence-electron chi connectivity index (χ0n) is 30.3. The number of fused-ring (bicyclic) bond motifs is 1. The molecule has 0 unspecified atom stereocenters. The van der Waals surface area contributed by atoms with Gasteiger partial charge in [-0.2, -0.15) is 23.4 Å². The van der Waals surface area contributed by atoms with E-state index in [9.17, 15) is 36.3 Å². The van der Waals surface area contributed by atoms with Crippen molar-refractivity contribution >= 4 is 23.7 Å². The number of nitrogens with zero attached hydrogens (tertiary/aromatic N) is 7. The fourth-order valence-electron chi connectivity index (χ4n) is 7.55. The maximum Gasteiger partial charge on any atom is 0.410 e. The predicted octanol–water partition coefficient (Wildman–Crippen LogP) is 5.61. The molecule has 0 bridgehead atoms. The number of amides is 3. The molecule has 3 aromatic heterocycles. The van der Waals surface area contributed by atoms with Gasteiger partial charge in [0, 0.05) is 63.5 Å². The average Bonchev–Trinajstić information content (AvgIpc) is 3.74. The van der Waals surface area contributed by atoms with Crippen molar-refractivity contribution in [2.24, 2.45) is 17.8 Å². The van der Waals surface area contributed by atoms with Crippen molar-refractivity contribution in [3.8, 4) is 0 Å². The molecular formula is C35H46F5N9O4. The zero-order chi connectivity index (χ0) is 38.3. The quantitative estimate of drug-likeness (QED) is 0.283. The van der Waals surface area contributed by atoms with Crippen LogP contribution in [0.3, 0.4) is 0 Å². The fourth-order valence-corrected chi connectivity index (χ4v) is 7.55. The normalized spacial score (nSPS) is 22.4. The number of ether oxygens (including phenoxy) is 1. The summed E-state index contributed by atoms with van der Waals surface area (Å²) in [5, 5.41) is 14.3. The van der Waals surface area contributed by atoms with Gasteiger partial charge in [-0.3, -0.25) is 14.3 Å². The van der Waals surface area contributed by atoms with Gasteiger partial charge in [-0.1, -0.05) is 0 Å². The highest BCUT2D eigenvalue weighted by Gasteiger charge is 2.45. The van der Waals surface area contributed by atoms with E-state index in [0.29, 0.717) is 55.3 Å². The summed E-state index contributed by atoms with van der Waals surface area (Å²) in [4.78, 5) is 50.4. The highest BCUT2D eigenvalue weighted by Crippen LogP contribution is 2.42. The number of rotatable bonds is 8. The number of likely N-dealkylation sites (tertiary alicyclic amines) is 1. The number of nitrogens with one attached hydrogen (secondary N) is 2. The Hall–Kier alpha value is -4.38. The molecule has 3 amide bonds. The van der Waals surface area contributed by atoms with Gasteiger partial charge >= 0.3 is 12.3 Å². The second-order valence-electron chi connectivity index (χ2n) is 15.4. The SMILES string of the molecule is CCn1nccc1C(=O)N[C@H](c1cn2nc(C[C@H]3C[C@@H](C(F)(F)F)CNC3=O)c(C3CCN(C(=O)OC(C)(C)C)CC3)nc2n1)C1CCC(F)(F)CC1. The van der Waals surface area contributed by atoms with Gasteiger partial charge in [0.25, 0.3) is 11.7 Å². The van der Waals surface area contributed by atoms with Crippen LogP contribution in [0.25, 0.3) is 5.78 Å². The van der Waals surface area contributed by atoms with E-state index >= 15 is 0 Å². The number of alkyl halides is 5. The topological polar surface area (TPSA) is 149 Å². The largest absolute Gasteiger partial charge is 0.444 e. The van der Waals surface area contributed by atoms with Crippen molar-refractivity contribution in [2.75, 3.05) is 19.6 Å². The first-order chi connectivity index (χ1) is 24.9. The second kappa shape index (κ2) is 14.8. The fraction of sp³-hybridized carbons (Fsp3) is 0.686. The van der Waals surface area contributed by atoms with Crippen molar-refractivity contribution in [3.05, 3.63) is 41.2 Å². The highest BCUT2D eigenvalue weighted by molar-refractivity contribution is 5.92. The maximum atomic E-state index is 14.3. The molecule has 3 aromatic rings. The number of aromatic nitrogens is 6. The minimum atomic E-state index is -4.49. The first-order valence-corrected chi connectivity index (χ1v) is 18.2. The first-order valence-electron chi connectivity index (χ1n) is 18.2. The molecule has 0 spiro atoms. The van der Waals surface area contributed by atoms with Gasteiger partial charge in [-0.05, 0) is 71.8 Å². The number of aryl methyl sites for hydroxylation is 1. The van der Waals surface area contributed by atoms with E-state index in [1.54, 1.807) is 37.9 Å². The van der Waals surface area contributed by atoms with Gasteiger partial charge in [0.1, 0.15) is 11.3 Å². The lowest BCUT2D eigenvalue weighted by molar-refractivity contribution is -0.183. The van der Waals surface area contributed by atoms with Crippen molar-refractivity contribution in [1.82, 2.24) is 44.9 Å². The number of piperidine rings is 2. The van der Waals surface area contributed by atoms with Crippen LogP contribution in [0.4, 0.5) is 26.7 Å². The van der Waals surface area contributed by atoms with Crippen LogP contribution in [0.2, 0.25) is 0 Å². The molecule has 0 aromatic carbocycles. The summed E-state index contributed by atoms with van der Waals surface area (Å²) in [6.07, 6.45) is -1.96. The average molecular weight is 752 g/mol. The third-order valence-corrected chi connectivity index (χ3v) is 10.4. The van der Waals surface area contributed by atoms with Crippen LogP contribution in [-0.4, -0.2) is 89.5 Å². The summed E-state index contributed by atoms with van der Waals surface area (Å²) in [6.45, 7) is 7.77. The van der Waals surface area contributed by atoms with Gasteiger partial charge < -0.3 is 20.3 Å². The Kier molecular flexibility index (Phi) is 10.7. The van der Waals surface area contributed by atoms with Crippen molar-refractivity contribution in [1.29, 1.82) is 0 Å². The third kappa shape index (κ3) is 8.88. The summed E-state index contributed by atoms with van der Waals surface area (Å²) in [5.74, 6) is -7.01. The number of hydrogen-bond acceptors (Lipinski definition) is 8. The van der Waals surface area contributed by atoms with Gasteiger partial charge in [-0.25, -0.2) is 28.1 Å². The molecule has 0 radical (unpaired) electrons. The van der Waals surface area contributed by atoms with E-state index in [1.165, 1.54) is 15.4 Å². The minimum absolute atomic E-state index is 0.116. The Morgan fingerprint density at radius 1 is 1.09 bits per heavy atom. The molecule has 13 nitrogen and oxygen atoms in total. The van der Waals surface area contributed by atoms with E-state index in [1.807, 2.05) is 6.92 Å². The molecule has 3 atom stereocenters. The van der Waals surface area contributed by atoms with Gasteiger partial charge in [0.05, 0.1) is 35.2 Å². The standard InChI is InChI=1S/C35H46F5N9O4/c1-5-48-26(8-13-42-48)30(51)44-28(20-6-11-34(36,37)12-7-20)25-19-49-31(43-25)45-27(21-9-14-47(15-10-21)32(52)53-33(2,3)4)24(46-49)17-22-16-23(35(38,39)40)18-41-29(22)50/h8,13,19-23,28H,5-7,9-12,14-18H2,1-4H3,(H,41,50)(H,44,51)/t22-,23-,28+/m1/s1. The van der Waals surface area contributed by atoms with Crippen LogP contribution in [0, 0.1) is 17.8 Å². The summed E-state index contributed by atoms with van der Waals surface area (Å²) in [6, 6.07) is 0.776. The zero-order valence-corrected chi connectivity index (χ0v) is 30.3. The lowest BCUT2D eigenvalue weighted by atomic mass is 9.81. The van der Waals surface area contributed by atoms with E-state index in [2.05, 4.69) is 15.7 Å². The molecule has 6 rings (SSSR count). The summed E-state index contributed by atoms with van der Waals surface area (Å²) in [7, 11) is 0. The molecule has 3 aliphatic rings. The van der Waals surface area contributed by atoms with Crippen LogP contribution in [0.1, 0.15) is 112 Å². The number of imidazole rings is 1. The van der Waals surface area contributed by atoms with Gasteiger partial charge in [-0.15, -0.1) is 0 Å². The Morgan fingerprint density at radius 3 is 2.43 bits per heavy atom. The Bertz CT molecular complexity index is 1800. The lowest BCUT2D eigenvalue weighted by Crippen LogP contribution is -2.47. The molecule has 18 heteroatoms. The van der Waals surface area contributed by atoms with E-state index in [4.69, 9.17) is 19.8 Å². The van der Waals surface area contributed by atoms with Gasteiger partial charge in [0.2, 0.25) is 11.8 Å². The van der Waals surface area contributed by atoms with E-state index < -0.39 is 66.5 Å². The maximum absolute atomic E-state index is 14.3. The minimum Gasteiger partial charge on any atom is -0.444 e. The van der Waals surface area contributed by atoms with Crippen molar-refractivity contribution in [2.45, 2.75) is 115 Å². The molecule has 3 fully saturated rings. The van der Waals surface area contributed by atoms with Crippen LogP contribution < -0.4 is 10.6 Å². The molecule has 2 saturated heterocycles. The lowest BCUT2D eigenvalue weighted by Gasteiger charge is -2.34. The second-order valence-corrected chi connectivity index (χ2v) is 15.4. The Labute approximate surface area is 303 Å². The number of carbonyl (C=O) groups is 3. The highest BCUT2D eigenvalue weighted by atomic mass is 19.4. The molecule has 290 valence electrons. The number of carbonyl (C=O) groups excluding carboxylic acids is 3. The van der Waals surface area contributed by atoms with E-state index in [0.717, 1.165) is 0 Å².